The van der Waals surface area contributed by atoms with Crippen LogP contribution in [0.5, 0.6) is 11.6 Å². The zero-order valence-electron chi connectivity index (χ0n) is 7.91. The molecule has 0 bridgehead atoms. The Kier molecular flexibility index (Phi) is 3.45. The maximum Gasteiger partial charge on any atom is 0.268 e. The second kappa shape index (κ2) is 4.84. The topological polar surface area (TPSA) is 55.0 Å². The Hall–Kier alpha value is -1.08. The van der Waals surface area contributed by atoms with Crippen molar-refractivity contribution in [1.29, 1.82) is 0 Å². The standard InChI is InChI=1S/C10H6ClIN2O2/c11-6-3-1-2-4-7(6)16-10-8(12)9(15)13-5-14-10/h1-5H,(H,13,14,15). The lowest BCUT2D eigenvalue weighted by Crippen LogP contribution is -2.11. The molecular formula is C10H6ClIN2O2. The Balaban J connectivity index is 2.38. The summed E-state index contributed by atoms with van der Waals surface area (Å²) in [6.45, 7) is 0. The first-order chi connectivity index (χ1) is 7.68. The van der Waals surface area contributed by atoms with E-state index in [2.05, 4.69) is 9.97 Å². The van der Waals surface area contributed by atoms with Crippen molar-refractivity contribution >= 4 is 34.2 Å². The summed E-state index contributed by atoms with van der Waals surface area (Å²) in [5.41, 5.74) is -0.238. The predicted octanol–water partition coefficient (Wildman–Crippen LogP) is 2.82. The molecule has 82 valence electrons. The van der Waals surface area contributed by atoms with Crippen molar-refractivity contribution in [3.8, 4) is 11.6 Å². The average Bonchev–Trinajstić information content (AvgIpc) is 2.28. The summed E-state index contributed by atoms with van der Waals surface area (Å²) in [6, 6.07) is 7.00. The third-order valence-corrected chi connectivity index (χ3v) is 3.07. The molecule has 0 aliphatic heterocycles. The summed E-state index contributed by atoms with van der Waals surface area (Å²) in [5.74, 6) is 0.720. The molecule has 4 nitrogen and oxygen atoms in total. The third kappa shape index (κ3) is 2.35. The zero-order valence-corrected chi connectivity index (χ0v) is 10.8. The zero-order chi connectivity index (χ0) is 11.5. The van der Waals surface area contributed by atoms with E-state index in [-0.39, 0.29) is 11.4 Å². The quantitative estimate of drug-likeness (QED) is 0.849. The van der Waals surface area contributed by atoms with Crippen LogP contribution in [0.2, 0.25) is 5.02 Å². The molecule has 1 aromatic carbocycles. The van der Waals surface area contributed by atoms with Crippen molar-refractivity contribution in [2.24, 2.45) is 0 Å². The molecule has 0 atom stereocenters. The second-order valence-electron chi connectivity index (χ2n) is 2.88. The number of hydrogen-bond acceptors (Lipinski definition) is 3. The van der Waals surface area contributed by atoms with E-state index in [1.165, 1.54) is 6.33 Å². The molecule has 0 spiro atoms. The van der Waals surface area contributed by atoms with Crippen LogP contribution in [0.15, 0.2) is 35.4 Å². The molecule has 0 radical (unpaired) electrons. The molecule has 2 rings (SSSR count). The van der Waals surface area contributed by atoms with Gasteiger partial charge in [-0.1, -0.05) is 23.7 Å². The fourth-order valence-corrected chi connectivity index (χ4v) is 1.65. The van der Waals surface area contributed by atoms with Crippen molar-refractivity contribution in [1.82, 2.24) is 9.97 Å². The van der Waals surface area contributed by atoms with E-state index in [9.17, 15) is 4.79 Å². The molecule has 0 amide bonds. The number of aromatic nitrogens is 2. The Morgan fingerprint density at radius 2 is 2.12 bits per heavy atom. The molecule has 0 aliphatic carbocycles. The number of benzene rings is 1. The Morgan fingerprint density at radius 3 is 2.88 bits per heavy atom. The summed E-state index contributed by atoms with van der Waals surface area (Å²) in [4.78, 5) is 17.7. The lowest BCUT2D eigenvalue weighted by atomic mass is 10.3. The van der Waals surface area contributed by atoms with Gasteiger partial charge >= 0.3 is 0 Å². The minimum Gasteiger partial charge on any atom is -0.436 e. The molecule has 1 aromatic heterocycles. The molecule has 6 heteroatoms. The van der Waals surface area contributed by atoms with Crippen LogP contribution in [0.4, 0.5) is 0 Å². The van der Waals surface area contributed by atoms with Crippen molar-refractivity contribution < 1.29 is 4.74 Å². The van der Waals surface area contributed by atoms with E-state index in [1.807, 2.05) is 22.6 Å². The van der Waals surface area contributed by atoms with E-state index in [0.29, 0.717) is 14.3 Å². The number of ether oxygens (including phenoxy) is 1. The Bertz CT molecular complexity index is 571. The first-order valence-electron chi connectivity index (χ1n) is 4.34. The minimum atomic E-state index is -0.238. The van der Waals surface area contributed by atoms with Gasteiger partial charge in [0.15, 0.2) is 0 Å². The molecule has 0 saturated carbocycles. The van der Waals surface area contributed by atoms with Crippen molar-refractivity contribution in [2.75, 3.05) is 0 Å². The van der Waals surface area contributed by atoms with Gasteiger partial charge in [-0.3, -0.25) is 4.79 Å². The molecule has 0 unspecified atom stereocenters. The predicted molar refractivity (Wildman–Crippen MR) is 69.1 cm³/mol. The van der Waals surface area contributed by atoms with Gasteiger partial charge in [-0.15, -0.1) is 0 Å². The fourth-order valence-electron chi connectivity index (χ4n) is 1.07. The van der Waals surface area contributed by atoms with Gasteiger partial charge in [0.25, 0.3) is 5.56 Å². The molecular weight excluding hydrogens is 342 g/mol. The van der Waals surface area contributed by atoms with Crippen molar-refractivity contribution in [3.05, 3.63) is 49.5 Å². The number of halogens is 2. The SMILES string of the molecule is O=c1[nH]cnc(Oc2ccccc2Cl)c1I. The number of H-pyrrole nitrogens is 1. The van der Waals surface area contributed by atoms with Crippen molar-refractivity contribution in [2.45, 2.75) is 0 Å². The summed E-state index contributed by atoms with van der Waals surface area (Å²) >= 11 is 7.79. The van der Waals surface area contributed by atoms with Crippen LogP contribution in [-0.4, -0.2) is 9.97 Å². The summed E-state index contributed by atoms with van der Waals surface area (Å²) in [5, 5.41) is 0.473. The molecule has 0 aliphatic rings. The van der Waals surface area contributed by atoms with E-state index in [4.69, 9.17) is 16.3 Å². The molecule has 16 heavy (non-hydrogen) atoms. The maximum absolute atomic E-state index is 11.3. The smallest absolute Gasteiger partial charge is 0.268 e. The van der Waals surface area contributed by atoms with Crippen LogP contribution in [-0.2, 0) is 0 Å². The van der Waals surface area contributed by atoms with Crippen LogP contribution in [0.3, 0.4) is 0 Å². The highest BCUT2D eigenvalue weighted by atomic mass is 127. The van der Waals surface area contributed by atoms with Gasteiger partial charge in [0.2, 0.25) is 5.88 Å². The van der Waals surface area contributed by atoms with Gasteiger partial charge in [-0.25, -0.2) is 4.98 Å². The summed E-state index contributed by atoms with van der Waals surface area (Å²) < 4.78 is 5.84. The number of para-hydroxylation sites is 1. The van der Waals surface area contributed by atoms with E-state index in [1.54, 1.807) is 24.3 Å². The van der Waals surface area contributed by atoms with E-state index < -0.39 is 0 Å². The lowest BCUT2D eigenvalue weighted by Gasteiger charge is -2.06. The number of nitrogens with zero attached hydrogens (tertiary/aromatic N) is 1. The molecule has 0 fully saturated rings. The third-order valence-electron chi connectivity index (χ3n) is 1.81. The van der Waals surface area contributed by atoms with Gasteiger partial charge in [0.1, 0.15) is 9.32 Å². The molecule has 0 saturated heterocycles. The summed E-state index contributed by atoms with van der Waals surface area (Å²) in [7, 11) is 0. The monoisotopic (exact) mass is 348 g/mol. The molecule has 1 N–H and O–H groups in total. The van der Waals surface area contributed by atoms with E-state index in [0.717, 1.165) is 0 Å². The number of nitrogens with one attached hydrogen (secondary N) is 1. The van der Waals surface area contributed by atoms with Crippen LogP contribution in [0.1, 0.15) is 0 Å². The van der Waals surface area contributed by atoms with Crippen LogP contribution in [0, 0.1) is 3.57 Å². The normalized spacial score (nSPS) is 10.1. The van der Waals surface area contributed by atoms with Gasteiger partial charge in [-0.05, 0) is 34.7 Å². The average molecular weight is 349 g/mol. The first kappa shape index (κ1) is 11.4. The fraction of sp³-hybridized carbons (Fsp3) is 0. The minimum absolute atomic E-state index is 0.238. The van der Waals surface area contributed by atoms with Gasteiger partial charge in [0.05, 0.1) is 11.3 Å². The maximum atomic E-state index is 11.3. The van der Waals surface area contributed by atoms with Crippen LogP contribution < -0.4 is 10.3 Å². The van der Waals surface area contributed by atoms with Gasteiger partial charge < -0.3 is 9.72 Å². The van der Waals surface area contributed by atoms with Crippen LogP contribution in [0.25, 0.3) is 0 Å². The summed E-state index contributed by atoms with van der Waals surface area (Å²) in [6.07, 6.45) is 1.29. The largest absolute Gasteiger partial charge is 0.436 e. The number of hydrogen-bond donors (Lipinski definition) is 1. The van der Waals surface area contributed by atoms with Gasteiger partial charge in [0, 0.05) is 0 Å². The Labute approximate surface area is 110 Å². The molecule has 1 heterocycles. The number of rotatable bonds is 2. The lowest BCUT2D eigenvalue weighted by molar-refractivity contribution is 0.456. The van der Waals surface area contributed by atoms with Crippen molar-refractivity contribution in [3.63, 3.8) is 0 Å². The van der Waals surface area contributed by atoms with Crippen LogP contribution >= 0.6 is 34.2 Å². The first-order valence-corrected chi connectivity index (χ1v) is 5.79. The van der Waals surface area contributed by atoms with Gasteiger partial charge in [-0.2, -0.15) is 0 Å². The highest BCUT2D eigenvalue weighted by molar-refractivity contribution is 14.1. The highest BCUT2D eigenvalue weighted by Crippen LogP contribution is 2.28. The Morgan fingerprint density at radius 1 is 1.38 bits per heavy atom. The molecule has 2 aromatic rings. The number of aromatic amines is 1. The highest BCUT2D eigenvalue weighted by Gasteiger charge is 2.09. The second-order valence-corrected chi connectivity index (χ2v) is 4.37. The van der Waals surface area contributed by atoms with E-state index >= 15 is 0 Å².